The molecule has 7 nitrogen and oxygen atoms in total. The molecule has 0 aliphatic carbocycles. The first-order valence-corrected chi connectivity index (χ1v) is 13.8. The second kappa shape index (κ2) is 15.7. The number of hydrogen-bond acceptors (Lipinski definition) is 7. The van der Waals surface area contributed by atoms with Gasteiger partial charge in [-0.3, -0.25) is 0 Å². The molecule has 206 valence electrons. The summed E-state index contributed by atoms with van der Waals surface area (Å²) >= 11 is 0. The summed E-state index contributed by atoms with van der Waals surface area (Å²) in [5.74, 6) is 1.79. The van der Waals surface area contributed by atoms with Crippen LogP contribution in [0.25, 0.3) is 22.8 Å². The number of halogens is 1. The molecule has 0 radical (unpaired) electrons. The van der Waals surface area contributed by atoms with Crippen molar-refractivity contribution >= 4 is 0 Å². The molecule has 2 aromatic carbocycles. The van der Waals surface area contributed by atoms with Crippen LogP contribution in [-0.2, 0) is 0 Å². The fourth-order valence-electron chi connectivity index (χ4n) is 3.90. The summed E-state index contributed by atoms with van der Waals surface area (Å²) in [6, 6.07) is 10.2. The Balaban J connectivity index is 1.87. The lowest BCUT2D eigenvalue weighted by Crippen LogP contribution is -2.04. The van der Waals surface area contributed by atoms with Crippen molar-refractivity contribution in [2.24, 2.45) is 0 Å². The third kappa shape index (κ3) is 8.85. The molecule has 0 saturated carbocycles. The molecule has 1 heterocycles. The highest BCUT2D eigenvalue weighted by Crippen LogP contribution is 2.35. The van der Waals surface area contributed by atoms with E-state index in [1.54, 1.807) is 24.3 Å². The van der Waals surface area contributed by atoms with Crippen LogP contribution in [0.1, 0.15) is 78.6 Å². The number of aromatic hydroxyl groups is 1. The van der Waals surface area contributed by atoms with E-state index >= 15 is 0 Å². The van der Waals surface area contributed by atoms with E-state index in [1.807, 2.05) is 6.07 Å². The summed E-state index contributed by atoms with van der Waals surface area (Å²) in [5, 5.41) is 10.6. The third-order valence-electron chi connectivity index (χ3n) is 6.05. The minimum Gasteiger partial charge on any atom is -0.507 e. The van der Waals surface area contributed by atoms with E-state index in [0.29, 0.717) is 42.6 Å². The highest BCUT2D eigenvalue weighted by Gasteiger charge is 2.17. The summed E-state index contributed by atoms with van der Waals surface area (Å²) in [6.45, 7) is 8.10. The molecule has 0 atom stereocenters. The Bertz CT molecular complexity index is 1140. The Morgan fingerprint density at radius 2 is 1.13 bits per heavy atom. The fraction of sp³-hybridized carbons (Fsp3) is 0.500. The molecule has 0 fully saturated rings. The largest absolute Gasteiger partial charge is 0.507 e. The smallest absolute Gasteiger partial charge is 0.312 e. The molecule has 8 heteroatoms. The molecule has 3 aromatic rings. The fourth-order valence-corrected chi connectivity index (χ4v) is 3.90. The van der Waals surface area contributed by atoms with Crippen molar-refractivity contribution in [2.75, 3.05) is 19.8 Å². The predicted octanol–water partition coefficient (Wildman–Crippen LogP) is 7.76. The number of phenolic OH excluding ortho intramolecular Hbond substituents is 1. The monoisotopic (exact) mass is 525 g/mol. The van der Waals surface area contributed by atoms with Crippen LogP contribution in [0.3, 0.4) is 0 Å². The lowest BCUT2D eigenvalue weighted by atomic mass is 10.1. The van der Waals surface area contributed by atoms with Crippen LogP contribution in [0.15, 0.2) is 36.4 Å². The second-order valence-corrected chi connectivity index (χ2v) is 9.26. The van der Waals surface area contributed by atoms with Crippen molar-refractivity contribution in [1.82, 2.24) is 15.0 Å². The number of aromatic nitrogens is 3. The zero-order valence-corrected chi connectivity index (χ0v) is 22.8. The molecule has 0 saturated heterocycles. The van der Waals surface area contributed by atoms with Crippen molar-refractivity contribution in [3.8, 4) is 45.8 Å². The molecule has 3 rings (SSSR count). The highest BCUT2D eigenvalue weighted by molar-refractivity contribution is 5.70. The zero-order chi connectivity index (χ0) is 27.2. The van der Waals surface area contributed by atoms with Crippen molar-refractivity contribution in [1.29, 1.82) is 0 Å². The first kappa shape index (κ1) is 29.1. The third-order valence-corrected chi connectivity index (χ3v) is 6.05. The summed E-state index contributed by atoms with van der Waals surface area (Å²) in [4.78, 5) is 12.3. The average molecular weight is 526 g/mol. The number of unbranched alkanes of at least 4 members (excludes halogenated alkanes) is 6. The zero-order valence-electron chi connectivity index (χ0n) is 22.8. The van der Waals surface area contributed by atoms with Gasteiger partial charge >= 0.3 is 6.08 Å². The molecule has 0 aliphatic heterocycles. The maximum absolute atomic E-state index is 14.6. The van der Waals surface area contributed by atoms with Crippen LogP contribution in [-0.4, -0.2) is 39.9 Å². The maximum Gasteiger partial charge on any atom is 0.312 e. The summed E-state index contributed by atoms with van der Waals surface area (Å²) in [5.41, 5.74) is 0.815. The van der Waals surface area contributed by atoms with Crippen molar-refractivity contribution in [3.05, 3.63) is 42.5 Å². The number of nitrogens with zero attached hydrogens (tertiary/aromatic N) is 3. The van der Waals surface area contributed by atoms with Gasteiger partial charge in [0.1, 0.15) is 23.0 Å². The predicted molar refractivity (Wildman–Crippen MR) is 147 cm³/mol. The Morgan fingerprint density at radius 3 is 1.68 bits per heavy atom. The number of ether oxygens (including phenoxy) is 3. The molecule has 0 bridgehead atoms. The summed E-state index contributed by atoms with van der Waals surface area (Å²) < 4.78 is 32.3. The van der Waals surface area contributed by atoms with E-state index in [4.69, 9.17) is 14.2 Å². The first-order chi connectivity index (χ1) is 18.5. The van der Waals surface area contributed by atoms with E-state index < -0.39 is 6.08 Å². The summed E-state index contributed by atoms with van der Waals surface area (Å²) in [7, 11) is 0. The van der Waals surface area contributed by atoms with Crippen LogP contribution < -0.4 is 14.2 Å². The van der Waals surface area contributed by atoms with Gasteiger partial charge in [0.15, 0.2) is 11.6 Å². The molecule has 0 aliphatic rings. The quantitative estimate of drug-likeness (QED) is 0.180. The van der Waals surface area contributed by atoms with Gasteiger partial charge in [0, 0.05) is 12.1 Å². The lowest BCUT2D eigenvalue weighted by molar-refractivity contribution is 0.292. The molecule has 1 N–H and O–H groups in total. The Hall–Kier alpha value is -3.42. The minimum absolute atomic E-state index is 0.0272. The lowest BCUT2D eigenvalue weighted by Gasteiger charge is -2.14. The van der Waals surface area contributed by atoms with Gasteiger partial charge in [-0.05, 0) is 43.5 Å². The van der Waals surface area contributed by atoms with Crippen molar-refractivity contribution in [3.63, 3.8) is 0 Å². The number of benzene rings is 2. The van der Waals surface area contributed by atoms with E-state index in [0.717, 1.165) is 57.8 Å². The molecule has 0 unspecified atom stereocenters. The SMILES string of the molecule is CCCCCOc1ccc(-c2nc(F)nc(-c3ccc(OCCCCC)cc3OCCCCC)n2)c(O)c1. The summed E-state index contributed by atoms with van der Waals surface area (Å²) in [6.07, 6.45) is 8.38. The van der Waals surface area contributed by atoms with Gasteiger partial charge in [-0.2, -0.15) is 14.4 Å². The standard InChI is InChI=1S/C30H40FN3O4/c1-4-7-10-17-36-22-13-15-24(26(35)20-22)28-32-29(34-30(31)33-28)25-16-14-23(37-18-11-8-5-2)21-27(25)38-19-12-9-6-3/h13-16,20-21,35H,4-12,17-19H2,1-3H3. The molecule has 38 heavy (non-hydrogen) atoms. The molecular formula is C30H40FN3O4. The number of hydrogen-bond donors (Lipinski definition) is 1. The normalized spacial score (nSPS) is 10.9. The van der Waals surface area contributed by atoms with E-state index in [-0.39, 0.29) is 23.0 Å². The van der Waals surface area contributed by atoms with Gasteiger partial charge in [-0.25, -0.2) is 4.98 Å². The minimum atomic E-state index is -0.943. The number of rotatable bonds is 17. The van der Waals surface area contributed by atoms with E-state index in [9.17, 15) is 9.50 Å². The van der Waals surface area contributed by atoms with Gasteiger partial charge in [-0.1, -0.05) is 59.3 Å². The first-order valence-electron chi connectivity index (χ1n) is 13.8. The van der Waals surface area contributed by atoms with Gasteiger partial charge in [0.25, 0.3) is 0 Å². The van der Waals surface area contributed by atoms with Crippen molar-refractivity contribution in [2.45, 2.75) is 78.6 Å². The molecule has 0 spiro atoms. The Morgan fingerprint density at radius 1 is 0.632 bits per heavy atom. The van der Waals surface area contributed by atoms with Crippen LogP contribution in [0, 0.1) is 6.08 Å². The Kier molecular flexibility index (Phi) is 12.1. The van der Waals surface area contributed by atoms with Crippen molar-refractivity contribution < 1.29 is 23.7 Å². The molecule has 0 amide bonds. The average Bonchev–Trinajstić information content (AvgIpc) is 2.91. The highest BCUT2D eigenvalue weighted by atomic mass is 19.1. The van der Waals surface area contributed by atoms with Crippen LogP contribution in [0.4, 0.5) is 4.39 Å². The molecular weight excluding hydrogens is 485 g/mol. The van der Waals surface area contributed by atoms with Gasteiger partial charge in [0.2, 0.25) is 0 Å². The molecule has 1 aromatic heterocycles. The van der Waals surface area contributed by atoms with Gasteiger partial charge in [-0.15, -0.1) is 0 Å². The van der Waals surface area contributed by atoms with E-state index in [2.05, 4.69) is 35.7 Å². The van der Waals surface area contributed by atoms with Crippen LogP contribution in [0.2, 0.25) is 0 Å². The van der Waals surface area contributed by atoms with Gasteiger partial charge in [0.05, 0.1) is 30.9 Å². The topological polar surface area (TPSA) is 86.6 Å². The van der Waals surface area contributed by atoms with Gasteiger partial charge < -0.3 is 19.3 Å². The number of phenols is 1. The second-order valence-electron chi connectivity index (χ2n) is 9.26. The Labute approximate surface area is 225 Å². The van der Waals surface area contributed by atoms with E-state index in [1.165, 1.54) is 6.07 Å². The maximum atomic E-state index is 14.6. The van der Waals surface area contributed by atoms with Crippen LogP contribution >= 0.6 is 0 Å². The van der Waals surface area contributed by atoms with Crippen LogP contribution in [0.5, 0.6) is 23.0 Å².